The quantitative estimate of drug-likeness (QED) is 0.761. The molecule has 3 nitrogen and oxygen atoms in total. The fourth-order valence-corrected chi connectivity index (χ4v) is 2.82. The molecule has 0 saturated heterocycles. The molecule has 0 spiro atoms. The van der Waals surface area contributed by atoms with Crippen molar-refractivity contribution in [3.05, 3.63) is 23.0 Å². The largest absolute Gasteiger partial charge is 0.369 e. The van der Waals surface area contributed by atoms with Gasteiger partial charge in [-0.3, -0.25) is 0 Å². The van der Waals surface area contributed by atoms with E-state index in [9.17, 15) is 4.39 Å². The first-order chi connectivity index (χ1) is 9.84. The summed E-state index contributed by atoms with van der Waals surface area (Å²) < 4.78 is 15.6. The standard InChI is InChI=1S/C16H23ClFN3/c1-4-5-6-7-16(2,3)10-21-14-9-12(18)11(17)8-13(14)20-15(21)19/h8-9H,4-7,10H2,1-3H3,(H2,19,20). The zero-order valence-electron chi connectivity index (χ0n) is 12.9. The molecule has 1 heterocycles. The predicted octanol–water partition coefficient (Wildman–Crippen LogP) is 5.02. The lowest BCUT2D eigenvalue weighted by Crippen LogP contribution is -2.21. The predicted molar refractivity (Wildman–Crippen MR) is 87.0 cm³/mol. The van der Waals surface area contributed by atoms with E-state index in [1.807, 2.05) is 4.57 Å². The van der Waals surface area contributed by atoms with E-state index in [1.165, 1.54) is 31.4 Å². The maximum atomic E-state index is 13.7. The van der Waals surface area contributed by atoms with Crippen LogP contribution in [0.5, 0.6) is 0 Å². The van der Waals surface area contributed by atoms with Gasteiger partial charge in [0.25, 0.3) is 0 Å². The Morgan fingerprint density at radius 1 is 1.33 bits per heavy atom. The molecule has 0 aliphatic heterocycles. The van der Waals surface area contributed by atoms with Crippen molar-refractivity contribution >= 4 is 28.6 Å². The third kappa shape index (κ3) is 3.67. The Balaban J connectivity index is 2.29. The van der Waals surface area contributed by atoms with Crippen LogP contribution in [0.1, 0.15) is 46.5 Å². The van der Waals surface area contributed by atoms with E-state index >= 15 is 0 Å². The molecular formula is C16H23ClFN3. The van der Waals surface area contributed by atoms with E-state index in [4.69, 9.17) is 17.3 Å². The molecule has 0 radical (unpaired) electrons. The molecule has 0 aliphatic carbocycles. The molecule has 0 aliphatic rings. The van der Waals surface area contributed by atoms with Crippen LogP contribution in [-0.2, 0) is 6.54 Å². The lowest BCUT2D eigenvalue weighted by molar-refractivity contribution is 0.276. The first-order valence-electron chi connectivity index (χ1n) is 7.45. The second-order valence-corrected chi connectivity index (χ2v) is 6.84. The molecule has 0 unspecified atom stereocenters. The highest BCUT2D eigenvalue weighted by atomic mass is 35.5. The van der Waals surface area contributed by atoms with Crippen LogP contribution in [0.4, 0.5) is 10.3 Å². The van der Waals surface area contributed by atoms with Gasteiger partial charge in [0, 0.05) is 12.6 Å². The van der Waals surface area contributed by atoms with Crippen molar-refractivity contribution in [2.45, 2.75) is 53.0 Å². The fourth-order valence-electron chi connectivity index (χ4n) is 2.67. The van der Waals surface area contributed by atoms with Crippen LogP contribution in [0.3, 0.4) is 0 Å². The third-order valence-electron chi connectivity index (χ3n) is 3.86. The smallest absolute Gasteiger partial charge is 0.201 e. The molecule has 2 rings (SSSR count). The number of imidazole rings is 1. The molecule has 2 N–H and O–H groups in total. The Hall–Kier alpha value is -1.29. The number of hydrogen-bond donors (Lipinski definition) is 1. The highest BCUT2D eigenvalue weighted by Gasteiger charge is 2.21. The first kappa shape index (κ1) is 16.1. The molecule has 0 atom stereocenters. The van der Waals surface area contributed by atoms with Crippen molar-refractivity contribution in [1.29, 1.82) is 0 Å². The molecule has 116 valence electrons. The lowest BCUT2D eigenvalue weighted by atomic mass is 9.86. The number of benzene rings is 1. The SMILES string of the molecule is CCCCCC(C)(C)Cn1c(N)nc2cc(Cl)c(F)cc21. The summed E-state index contributed by atoms with van der Waals surface area (Å²) in [5.74, 6) is -0.0238. The van der Waals surface area contributed by atoms with Crippen molar-refractivity contribution in [3.8, 4) is 0 Å². The van der Waals surface area contributed by atoms with Crippen LogP contribution in [0.15, 0.2) is 12.1 Å². The van der Waals surface area contributed by atoms with Crippen LogP contribution < -0.4 is 5.73 Å². The number of aromatic nitrogens is 2. The number of nitrogens with two attached hydrogens (primary N) is 1. The number of anilines is 1. The lowest BCUT2D eigenvalue weighted by Gasteiger charge is -2.26. The zero-order valence-corrected chi connectivity index (χ0v) is 13.7. The van der Waals surface area contributed by atoms with Gasteiger partial charge in [0.2, 0.25) is 5.95 Å². The van der Waals surface area contributed by atoms with Gasteiger partial charge in [0.15, 0.2) is 0 Å². The van der Waals surface area contributed by atoms with Gasteiger partial charge in [-0.1, -0.05) is 51.6 Å². The maximum absolute atomic E-state index is 13.7. The van der Waals surface area contributed by atoms with Gasteiger partial charge in [0.1, 0.15) is 5.82 Å². The summed E-state index contributed by atoms with van der Waals surface area (Å²) in [5, 5.41) is 0.0781. The number of unbranched alkanes of at least 4 members (excludes halogenated alkanes) is 2. The van der Waals surface area contributed by atoms with E-state index in [0.29, 0.717) is 17.0 Å². The first-order valence-corrected chi connectivity index (χ1v) is 7.82. The van der Waals surface area contributed by atoms with Crippen molar-refractivity contribution in [2.24, 2.45) is 5.41 Å². The Labute approximate surface area is 130 Å². The summed E-state index contributed by atoms with van der Waals surface area (Å²) in [6.07, 6.45) is 4.73. The number of fused-ring (bicyclic) bond motifs is 1. The fraction of sp³-hybridized carbons (Fsp3) is 0.562. The van der Waals surface area contributed by atoms with Crippen molar-refractivity contribution < 1.29 is 4.39 Å². The second-order valence-electron chi connectivity index (χ2n) is 6.43. The summed E-state index contributed by atoms with van der Waals surface area (Å²) in [6.45, 7) is 7.33. The highest BCUT2D eigenvalue weighted by molar-refractivity contribution is 6.31. The number of halogens is 2. The van der Waals surface area contributed by atoms with E-state index in [0.717, 1.165) is 13.0 Å². The molecule has 1 aromatic heterocycles. The van der Waals surface area contributed by atoms with Gasteiger partial charge in [-0.25, -0.2) is 9.37 Å². The van der Waals surface area contributed by atoms with Crippen LogP contribution >= 0.6 is 11.6 Å². The van der Waals surface area contributed by atoms with Gasteiger partial charge in [-0.05, 0) is 17.9 Å². The number of nitrogen functional groups attached to an aromatic ring is 1. The zero-order chi connectivity index (χ0) is 15.6. The van der Waals surface area contributed by atoms with Crippen molar-refractivity contribution in [2.75, 3.05) is 5.73 Å². The van der Waals surface area contributed by atoms with Gasteiger partial charge >= 0.3 is 0 Å². The molecule has 2 aromatic rings. The molecule has 1 aromatic carbocycles. The summed E-state index contributed by atoms with van der Waals surface area (Å²) in [7, 11) is 0. The molecule has 0 fully saturated rings. The Kier molecular flexibility index (Phi) is 4.77. The topological polar surface area (TPSA) is 43.8 Å². The molecule has 5 heteroatoms. The Morgan fingerprint density at radius 3 is 2.71 bits per heavy atom. The average Bonchev–Trinajstić information content (AvgIpc) is 2.66. The molecular weight excluding hydrogens is 289 g/mol. The van der Waals surface area contributed by atoms with Crippen molar-refractivity contribution in [1.82, 2.24) is 9.55 Å². The summed E-state index contributed by atoms with van der Waals surface area (Å²) >= 11 is 5.80. The molecule has 21 heavy (non-hydrogen) atoms. The van der Waals surface area contributed by atoms with Crippen LogP contribution in [0.25, 0.3) is 11.0 Å². The Bertz CT molecular complexity index is 634. The monoisotopic (exact) mass is 311 g/mol. The number of nitrogens with zero attached hydrogens (tertiary/aromatic N) is 2. The minimum atomic E-state index is -0.436. The Morgan fingerprint density at radius 2 is 2.05 bits per heavy atom. The number of rotatable bonds is 6. The molecule has 0 saturated carbocycles. The number of hydrogen-bond acceptors (Lipinski definition) is 2. The van der Waals surface area contributed by atoms with Crippen molar-refractivity contribution in [3.63, 3.8) is 0 Å². The highest BCUT2D eigenvalue weighted by Crippen LogP contribution is 2.31. The summed E-state index contributed by atoms with van der Waals surface area (Å²) in [6, 6.07) is 2.95. The van der Waals surface area contributed by atoms with Crippen LogP contribution in [0.2, 0.25) is 5.02 Å². The molecule has 0 bridgehead atoms. The van der Waals surface area contributed by atoms with E-state index in [2.05, 4.69) is 25.8 Å². The van der Waals surface area contributed by atoms with E-state index < -0.39 is 5.82 Å². The van der Waals surface area contributed by atoms with Gasteiger partial charge in [-0.2, -0.15) is 0 Å². The minimum Gasteiger partial charge on any atom is -0.369 e. The van der Waals surface area contributed by atoms with Crippen LogP contribution in [-0.4, -0.2) is 9.55 Å². The van der Waals surface area contributed by atoms with Gasteiger partial charge in [0.05, 0.1) is 16.1 Å². The average molecular weight is 312 g/mol. The summed E-state index contributed by atoms with van der Waals surface area (Å²) in [4.78, 5) is 4.29. The van der Waals surface area contributed by atoms with Gasteiger partial charge in [-0.15, -0.1) is 0 Å². The normalized spacial score (nSPS) is 12.2. The summed E-state index contributed by atoms with van der Waals surface area (Å²) in [5.41, 5.74) is 7.44. The van der Waals surface area contributed by atoms with Crippen LogP contribution in [0, 0.1) is 11.2 Å². The van der Waals surface area contributed by atoms with E-state index in [-0.39, 0.29) is 10.4 Å². The van der Waals surface area contributed by atoms with E-state index in [1.54, 1.807) is 0 Å². The maximum Gasteiger partial charge on any atom is 0.201 e. The second kappa shape index (κ2) is 6.22. The minimum absolute atomic E-state index is 0.0781. The third-order valence-corrected chi connectivity index (χ3v) is 4.15. The molecule has 0 amide bonds. The van der Waals surface area contributed by atoms with Gasteiger partial charge < -0.3 is 10.3 Å².